The predicted octanol–water partition coefficient (Wildman–Crippen LogP) is 6.74. The molecule has 0 aliphatic rings. The second-order valence-corrected chi connectivity index (χ2v) is 13.6. The number of sulfonamides is 1. The number of hydrogen-bond acceptors (Lipinski definition) is 4. The van der Waals surface area contributed by atoms with E-state index in [0.29, 0.717) is 17.1 Å². The highest BCUT2D eigenvalue weighted by molar-refractivity contribution is 7.92. The number of amides is 2. The van der Waals surface area contributed by atoms with E-state index in [9.17, 15) is 22.4 Å². The number of hydrogen-bond donors (Lipinski definition) is 1. The Morgan fingerprint density at radius 3 is 2.09 bits per heavy atom. The van der Waals surface area contributed by atoms with E-state index in [-0.39, 0.29) is 34.5 Å². The summed E-state index contributed by atoms with van der Waals surface area (Å²) in [5.74, 6) is -1.48. The molecule has 0 heterocycles. The number of rotatable bonds is 13. The van der Waals surface area contributed by atoms with Crippen LogP contribution < -0.4 is 9.62 Å². The minimum absolute atomic E-state index is 0.0510. The molecule has 0 aliphatic heterocycles. The summed E-state index contributed by atoms with van der Waals surface area (Å²) in [5.41, 5.74) is 1.40. The third-order valence-electron chi connectivity index (χ3n) is 7.04. The Hall–Kier alpha value is -3.92. The van der Waals surface area contributed by atoms with Crippen molar-refractivity contribution >= 4 is 50.7 Å². The summed E-state index contributed by atoms with van der Waals surface area (Å²) in [7, 11) is -4.29. The predicted molar refractivity (Wildman–Crippen MR) is 176 cm³/mol. The molecule has 0 bridgehead atoms. The SMILES string of the molecule is CC(C)CNC(=O)[C@@H](Cc1ccccc1)N(Cc1ccc(Cl)cc1Cl)C(=O)CN(c1ccc(F)cc1)S(=O)(=O)c1ccccc1. The summed E-state index contributed by atoms with van der Waals surface area (Å²) < 4.78 is 42.7. The Bertz CT molecular complexity index is 1710. The molecule has 4 rings (SSSR count). The van der Waals surface area contributed by atoms with Gasteiger partial charge in [0.15, 0.2) is 0 Å². The van der Waals surface area contributed by atoms with E-state index in [1.807, 2.05) is 44.2 Å². The van der Waals surface area contributed by atoms with Gasteiger partial charge in [0, 0.05) is 29.6 Å². The lowest BCUT2D eigenvalue weighted by molar-refractivity contribution is -0.140. The Balaban J connectivity index is 1.81. The molecule has 1 atom stereocenters. The van der Waals surface area contributed by atoms with Crippen molar-refractivity contribution < 1.29 is 22.4 Å². The van der Waals surface area contributed by atoms with E-state index in [2.05, 4.69) is 5.32 Å². The van der Waals surface area contributed by atoms with E-state index in [1.165, 1.54) is 35.2 Å². The van der Waals surface area contributed by atoms with Gasteiger partial charge in [-0.15, -0.1) is 0 Å². The van der Waals surface area contributed by atoms with Crippen molar-refractivity contribution in [3.63, 3.8) is 0 Å². The normalized spacial score (nSPS) is 12.0. The lowest BCUT2D eigenvalue weighted by Gasteiger charge is -2.34. The summed E-state index contributed by atoms with van der Waals surface area (Å²) in [5, 5.41) is 3.62. The molecule has 45 heavy (non-hydrogen) atoms. The first kappa shape index (κ1) is 34.0. The Labute approximate surface area is 273 Å². The van der Waals surface area contributed by atoms with Crippen molar-refractivity contribution in [2.75, 3.05) is 17.4 Å². The zero-order valence-electron chi connectivity index (χ0n) is 24.9. The molecule has 0 fully saturated rings. The van der Waals surface area contributed by atoms with Gasteiger partial charge in [0.1, 0.15) is 18.4 Å². The van der Waals surface area contributed by atoms with E-state index in [1.54, 1.807) is 30.3 Å². The summed E-state index contributed by atoms with van der Waals surface area (Å²) in [4.78, 5) is 29.5. The fraction of sp³-hybridized carbons (Fsp3) is 0.235. The number of benzene rings is 4. The van der Waals surface area contributed by atoms with Crippen molar-refractivity contribution in [1.82, 2.24) is 10.2 Å². The van der Waals surface area contributed by atoms with Crippen LogP contribution in [-0.2, 0) is 32.6 Å². The number of nitrogens with zero attached hydrogens (tertiary/aromatic N) is 2. The van der Waals surface area contributed by atoms with E-state index in [4.69, 9.17) is 23.2 Å². The molecule has 1 N–H and O–H groups in total. The third kappa shape index (κ3) is 9.06. The van der Waals surface area contributed by atoms with Gasteiger partial charge in [-0.25, -0.2) is 12.8 Å². The topological polar surface area (TPSA) is 86.8 Å². The molecule has 4 aromatic carbocycles. The van der Waals surface area contributed by atoms with Gasteiger partial charge < -0.3 is 10.2 Å². The van der Waals surface area contributed by atoms with Crippen LogP contribution in [0.5, 0.6) is 0 Å². The van der Waals surface area contributed by atoms with Gasteiger partial charge in [0.25, 0.3) is 10.0 Å². The molecule has 0 spiro atoms. The second-order valence-electron chi connectivity index (χ2n) is 10.9. The Morgan fingerprint density at radius 2 is 1.49 bits per heavy atom. The zero-order chi connectivity index (χ0) is 32.6. The molecule has 0 unspecified atom stereocenters. The third-order valence-corrected chi connectivity index (χ3v) is 9.41. The maximum Gasteiger partial charge on any atom is 0.264 e. The van der Waals surface area contributed by atoms with Gasteiger partial charge in [0.05, 0.1) is 10.6 Å². The molecule has 0 saturated heterocycles. The standard InChI is InChI=1S/C34H34Cl2FN3O4S/c1-24(2)21-38-34(42)32(19-25-9-5-3-6-10-25)39(22-26-13-14-27(35)20-31(26)36)33(41)23-40(29-17-15-28(37)16-18-29)45(43,44)30-11-7-4-8-12-30/h3-18,20,24,32H,19,21-23H2,1-2H3,(H,38,42)/t32-/m1/s1. The van der Waals surface area contributed by atoms with Crippen LogP contribution in [0.1, 0.15) is 25.0 Å². The lowest BCUT2D eigenvalue weighted by Crippen LogP contribution is -2.53. The zero-order valence-corrected chi connectivity index (χ0v) is 27.2. The smallest absolute Gasteiger partial charge is 0.264 e. The van der Waals surface area contributed by atoms with Crippen LogP contribution in [0.25, 0.3) is 0 Å². The van der Waals surface area contributed by atoms with Crippen LogP contribution in [0, 0.1) is 11.7 Å². The molecule has 2 amide bonds. The van der Waals surface area contributed by atoms with Gasteiger partial charge in [-0.05, 0) is 65.6 Å². The summed E-state index contributed by atoms with van der Waals surface area (Å²) >= 11 is 12.7. The lowest BCUT2D eigenvalue weighted by atomic mass is 10.0. The molecule has 236 valence electrons. The van der Waals surface area contributed by atoms with Crippen LogP contribution in [0.2, 0.25) is 10.0 Å². The van der Waals surface area contributed by atoms with Crippen molar-refractivity contribution in [1.29, 1.82) is 0 Å². The Morgan fingerprint density at radius 1 is 0.867 bits per heavy atom. The molecule has 0 saturated carbocycles. The summed E-state index contributed by atoms with van der Waals surface area (Å²) in [6, 6.07) is 25.5. The monoisotopic (exact) mass is 669 g/mol. The molecular formula is C34H34Cl2FN3O4S. The molecule has 11 heteroatoms. The van der Waals surface area contributed by atoms with Crippen LogP contribution in [0.15, 0.2) is 108 Å². The number of carbonyl (C=O) groups excluding carboxylic acids is 2. The van der Waals surface area contributed by atoms with Gasteiger partial charge in [-0.3, -0.25) is 13.9 Å². The van der Waals surface area contributed by atoms with Crippen LogP contribution in [0.3, 0.4) is 0 Å². The summed E-state index contributed by atoms with van der Waals surface area (Å²) in [6.07, 6.45) is 0.156. The fourth-order valence-electron chi connectivity index (χ4n) is 4.67. The number of nitrogens with one attached hydrogen (secondary N) is 1. The highest BCUT2D eigenvalue weighted by Gasteiger charge is 2.35. The highest BCUT2D eigenvalue weighted by Crippen LogP contribution is 2.27. The molecule has 0 aliphatic carbocycles. The minimum Gasteiger partial charge on any atom is -0.354 e. The molecular weight excluding hydrogens is 636 g/mol. The number of halogens is 3. The van der Waals surface area contributed by atoms with E-state index >= 15 is 0 Å². The number of carbonyl (C=O) groups is 2. The van der Waals surface area contributed by atoms with E-state index < -0.39 is 40.2 Å². The van der Waals surface area contributed by atoms with Crippen molar-refractivity contribution in [3.05, 3.63) is 130 Å². The van der Waals surface area contributed by atoms with Crippen LogP contribution in [-0.4, -0.2) is 44.3 Å². The van der Waals surface area contributed by atoms with Gasteiger partial charge in [0.2, 0.25) is 11.8 Å². The number of anilines is 1. The molecule has 0 radical (unpaired) electrons. The first-order valence-electron chi connectivity index (χ1n) is 14.3. The van der Waals surface area contributed by atoms with Crippen molar-refractivity contribution in [2.45, 2.75) is 37.8 Å². The summed E-state index contributed by atoms with van der Waals surface area (Å²) in [6.45, 7) is 3.51. The van der Waals surface area contributed by atoms with Gasteiger partial charge >= 0.3 is 0 Å². The van der Waals surface area contributed by atoms with E-state index in [0.717, 1.165) is 22.0 Å². The molecule has 0 aromatic heterocycles. The average Bonchev–Trinajstić information content (AvgIpc) is 3.02. The maximum absolute atomic E-state index is 14.4. The minimum atomic E-state index is -4.29. The Kier molecular flexibility index (Phi) is 11.6. The fourth-order valence-corrected chi connectivity index (χ4v) is 6.57. The maximum atomic E-state index is 14.4. The molecule has 4 aromatic rings. The quantitative estimate of drug-likeness (QED) is 0.171. The second kappa shape index (κ2) is 15.4. The average molecular weight is 671 g/mol. The largest absolute Gasteiger partial charge is 0.354 e. The van der Waals surface area contributed by atoms with Gasteiger partial charge in [-0.1, -0.05) is 91.6 Å². The highest BCUT2D eigenvalue weighted by atomic mass is 35.5. The molecule has 7 nitrogen and oxygen atoms in total. The first-order valence-corrected chi connectivity index (χ1v) is 16.5. The van der Waals surface area contributed by atoms with Crippen molar-refractivity contribution in [2.24, 2.45) is 5.92 Å². The van der Waals surface area contributed by atoms with Crippen molar-refractivity contribution in [3.8, 4) is 0 Å². The van der Waals surface area contributed by atoms with Crippen LogP contribution >= 0.6 is 23.2 Å². The van der Waals surface area contributed by atoms with Crippen LogP contribution in [0.4, 0.5) is 10.1 Å². The first-order chi connectivity index (χ1) is 21.5. The van der Waals surface area contributed by atoms with Gasteiger partial charge in [-0.2, -0.15) is 0 Å².